The smallest absolute Gasteiger partial charge is 0.233 e. The number of carbonyl (C=O) groups is 1. The zero-order valence-corrected chi connectivity index (χ0v) is 15.1. The Morgan fingerprint density at radius 2 is 2.09 bits per heavy atom. The van der Waals surface area contributed by atoms with Crippen LogP contribution in [0, 0.1) is 6.92 Å². The van der Waals surface area contributed by atoms with Gasteiger partial charge in [0.2, 0.25) is 5.91 Å². The molecule has 0 bridgehead atoms. The first-order valence-electron chi connectivity index (χ1n) is 8.37. The number of hydrogen-bond donors (Lipinski definition) is 1. The van der Waals surface area contributed by atoms with E-state index in [1.807, 2.05) is 25.2 Å². The lowest BCUT2D eigenvalue weighted by Gasteiger charge is -2.14. The number of thioether (sulfide) groups is 1. The van der Waals surface area contributed by atoms with Crippen molar-refractivity contribution in [3.8, 4) is 0 Å². The summed E-state index contributed by atoms with van der Waals surface area (Å²) < 4.78 is 0. The average molecular weight is 348 g/mol. The zero-order chi connectivity index (χ0) is 16.0. The minimum Gasteiger partial charge on any atom is -0.352 e. The van der Waals surface area contributed by atoms with Gasteiger partial charge in [-0.15, -0.1) is 11.3 Å². The van der Waals surface area contributed by atoms with Crippen molar-refractivity contribution in [3.05, 3.63) is 16.3 Å². The summed E-state index contributed by atoms with van der Waals surface area (Å²) in [6, 6.07) is 0.409. The molecule has 0 spiro atoms. The van der Waals surface area contributed by atoms with Gasteiger partial charge in [0.25, 0.3) is 0 Å². The molecule has 4 nitrogen and oxygen atoms in total. The van der Waals surface area contributed by atoms with Gasteiger partial charge in [0.15, 0.2) is 0 Å². The Kier molecular flexibility index (Phi) is 4.05. The number of aryl methyl sites for hydroxylation is 3. The normalized spacial score (nSPS) is 18.7. The van der Waals surface area contributed by atoms with E-state index in [-0.39, 0.29) is 11.2 Å². The van der Waals surface area contributed by atoms with Gasteiger partial charge >= 0.3 is 0 Å². The van der Waals surface area contributed by atoms with Crippen LogP contribution in [0.1, 0.15) is 48.9 Å². The molecule has 0 unspecified atom stereocenters. The van der Waals surface area contributed by atoms with Crippen molar-refractivity contribution in [1.82, 2.24) is 15.3 Å². The molecule has 2 heterocycles. The van der Waals surface area contributed by atoms with Crippen LogP contribution in [0.4, 0.5) is 0 Å². The van der Waals surface area contributed by atoms with E-state index < -0.39 is 0 Å². The first-order chi connectivity index (χ1) is 11.1. The molecular weight excluding hydrogens is 326 g/mol. The fourth-order valence-corrected chi connectivity index (χ4v) is 5.48. The van der Waals surface area contributed by atoms with Gasteiger partial charge in [-0.2, -0.15) is 0 Å². The molecule has 1 amide bonds. The minimum atomic E-state index is -0.118. The molecule has 0 aliphatic heterocycles. The van der Waals surface area contributed by atoms with Gasteiger partial charge in [0.1, 0.15) is 15.7 Å². The topological polar surface area (TPSA) is 54.9 Å². The maximum atomic E-state index is 12.3. The Labute approximate surface area is 144 Å². The number of amides is 1. The third kappa shape index (κ3) is 3.11. The highest BCUT2D eigenvalue weighted by Gasteiger charge is 2.27. The molecule has 0 radical (unpaired) electrons. The SMILES string of the molecule is Cc1nc(S[C@@H](C)C(=O)NC2CC2)c2c3c(sc2n1)CCCC3. The van der Waals surface area contributed by atoms with Gasteiger partial charge in [-0.1, -0.05) is 11.8 Å². The van der Waals surface area contributed by atoms with E-state index in [1.165, 1.54) is 28.7 Å². The molecule has 0 saturated heterocycles. The van der Waals surface area contributed by atoms with Gasteiger partial charge in [0.05, 0.1) is 5.25 Å². The van der Waals surface area contributed by atoms with Crippen LogP contribution >= 0.6 is 23.1 Å². The second-order valence-electron chi connectivity index (χ2n) is 6.51. The van der Waals surface area contributed by atoms with E-state index >= 15 is 0 Å². The monoisotopic (exact) mass is 347 g/mol. The van der Waals surface area contributed by atoms with Gasteiger partial charge in [-0.25, -0.2) is 9.97 Å². The van der Waals surface area contributed by atoms with Gasteiger partial charge in [-0.3, -0.25) is 4.79 Å². The molecule has 1 N–H and O–H groups in total. The van der Waals surface area contributed by atoms with Crippen molar-refractivity contribution in [1.29, 1.82) is 0 Å². The molecular formula is C17H21N3OS2. The van der Waals surface area contributed by atoms with Gasteiger partial charge in [-0.05, 0) is 57.9 Å². The number of fused-ring (bicyclic) bond motifs is 3. The van der Waals surface area contributed by atoms with Crippen molar-refractivity contribution in [3.63, 3.8) is 0 Å². The molecule has 0 aromatic carbocycles. The molecule has 6 heteroatoms. The second-order valence-corrected chi connectivity index (χ2v) is 8.92. The minimum absolute atomic E-state index is 0.118. The van der Waals surface area contributed by atoms with Crippen molar-refractivity contribution in [2.45, 2.75) is 68.7 Å². The fourth-order valence-electron chi connectivity index (χ4n) is 3.08. The molecule has 4 rings (SSSR count). The lowest BCUT2D eigenvalue weighted by atomic mass is 9.97. The predicted molar refractivity (Wildman–Crippen MR) is 95.3 cm³/mol. The number of carbonyl (C=O) groups excluding carboxylic acids is 1. The predicted octanol–water partition coefficient (Wildman–Crippen LogP) is 3.64. The van der Waals surface area contributed by atoms with Crippen molar-refractivity contribution < 1.29 is 4.79 Å². The second kappa shape index (κ2) is 6.06. The van der Waals surface area contributed by atoms with E-state index in [2.05, 4.69) is 15.3 Å². The Morgan fingerprint density at radius 1 is 1.30 bits per heavy atom. The molecule has 1 fully saturated rings. The van der Waals surface area contributed by atoms with Crippen LogP contribution in [-0.2, 0) is 17.6 Å². The summed E-state index contributed by atoms with van der Waals surface area (Å²) in [6.45, 7) is 3.92. The molecule has 1 saturated carbocycles. The summed E-state index contributed by atoms with van der Waals surface area (Å²) in [5.41, 5.74) is 1.44. The highest BCUT2D eigenvalue weighted by atomic mass is 32.2. The van der Waals surface area contributed by atoms with Gasteiger partial charge < -0.3 is 5.32 Å². The largest absolute Gasteiger partial charge is 0.352 e. The molecule has 2 aromatic heterocycles. The lowest BCUT2D eigenvalue weighted by molar-refractivity contribution is -0.120. The first-order valence-corrected chi connectivity index (χ1v) is 10.1. The molecule has 1 atom stereocenters. The molecule has 2 aromatic rings. The van der Waals surface area contributed by atoms with E-state index in [0.29, 0.717) is 6.04 Å². The molecule has 2 aliphatic rings. The number of aromatic nitrogens is 2. The van der Waals surface area contributed by atoms with E-state index in [1.54, 1.807) is 11.8 Å². The lowest BCUT2D eigenvalue weighted by Crippen LogP contribution is -2.32. The fraction of sp³-hybridized carbons (Fsp3) is 0.588. The van der Waals surface area contributed by atoms with Crippen LogP contribution in [-0.4, -0.2) is 27.2 Å². The standard InChI is InChI=1S/C17H21N3OS2/c1-9(15(21)20-11-7-8-11)22-16-14-12-5-3-4-6-13(12)23-17(14)19-10(2)18-16/h9,11H,3-8H2,1-2H3,(H,20,21)/t9-/m0/s1. The van der Waals surface area contributed by atoms with E-state index in [0.717, 1.165) is 41.4 Å². The highest BCUT2D eigenvalue weighted by Crippen LogP contribution is 2.40. The first kappa shape index (κ1) is 15.4. The number of nitrogens with one attached hydrogen (secondary N) is 1. The van der Waals surface area contributed by atoms with Crippen LogP contribution in [0.15, 0.2) is 5.03 Å². The van der Waals surface area contributed by atoms with Crippen LogP contribution in [0.5, 0.6) is 0 Å². The average Bonchev–Trinajstić information content (AvgIpc) is 3.24. The quantitative estimate of drug-likeness (QED) is 0.678. The summed E-state index contributed by atoms with van der Waals surface area (Å²) in [7, 11) is 0. The Balaban J connectivity index is 1.67. The number of nitrogens with zero attached hydrogens (tertiary/aromatic N) is 2. The van der Waals surface area contributed by atoms with Crippen LogP contribution in [0.3, 0.4) is 0 Å². The molecule has 122 valence electrons. The molecule has 23 heavy (non-hydrogen) atoms. The summed E-state index contributed by atoms with van der Waals surface area (Å²) in [4.78, 5) is 24.2. The van der Waals surface area contributed by atoms with Crippen molar-refractivity contribution in [2.75, 3.05) is 0 Å². The van der Waals surface area contributed by atoms with Gasteiger partial charge in [0, 0.05) is 16.3 Å². The zero-order valence-electron chi connectivity index (χ0n) is 13.5. The third-order valence-electron chi connectivity index (χ3n) is 4.47. The summed E-state index contributed by atoms with van der Waals surface area (Å²) in [6.07, 6.45) is 7.05. The maximum absolute atomic E-state index is 12.3. The number of hydrogen-bond acceptors (Lipinski definition) is 5. The summed E-state index contributed by atoms with van der Waals surface area (Å²) in [5.74, 6) is 0.930. The number of rotatable bonds is 4. The van der Waals surface area contributed by atoms with Crippen molar-refractivity contribution in [2.24, 2.45) is 0 Å². The third-order valence-corrected chi connectivity index (χ3v) is 6.75. The van der Waals surface area contributed by atoms with E-state index in [9.17, 15) is 4.79 Å². The van der Waals surface area contributed by atoms with Crippen LogP contribution in [0.2, 0.25) is 0 Å². The highest BCUT2D eigenvalue weighted by molar-refractivity contribution is 8.00. The van der Waals surface area contributed by atoms with Crippen LogP contribution in [0.25, 0.3) is 10.2 Å². The summed E-state index contributed by atoms with van der Waals surface area (Å²) >= 11 is 3.41. The van der Waals surface area contributed by atoms with E-state index in [4.69, 9.17) is 0 Å². The van der Waals surface area contributed by atoms with Crippen LogP contribution < -0.4 is 5.32 Å². The Bertz CT molecular complexity index is 767. The Morgan fingerprint density at radius 3 is 2.87 bits per heavy atom. The summed E-state index contributed by atoms with van der Waals surface area (Å²) in [5, 5.41) is 5.18. The molecule has 2 aliphatic carbocycles. The maximum Gasteiger partial charge on any atom is 0.233 e. The Hall–Kier alpha value is -1.14. The number of thiophene rings is 1. The van der Waals surface area contributed by atoms with Crippen molar-refractivity contribution >= 4 is 39.2 Å².